The second-order valence-corrected chi connectivity index (χ2v) is 5.34. The van der Waals surface area contributed by atoms with Crippen LogP contribution in [-0.4, -0.2) is 32.3 Å². The van der Waals surface area contributed by atoms with Gasteiger partial charge in [-0.25, -0.2) is 0 Å². The maximum absolute atomic E-state index is 11.7. The van der Waals surface area contributed by atoms with Gasteiger partial charge < -0.3 is 14.8 Å². The minimum Gasteiger partial charge on any atom is -0.493 e. The van der Waals surface area contributed by atoms with E-state index >= 15 is 0 Å². The van der Waals surface area contributed by atoms with Crippen molar-refractivity contribution in [1.29, 1.82) is 0 Å². The van der Waals surface area contributed by atoms with Crippen LogP contribution in [0.3, 0.4) is 0 Å². The van der Waals surface area contributed by atoms with Gasteiger partial charge in [-0.15, -0.1) is 0 Å². The van der Waals surface area contributed by atoms with Crippen molar-refractivity contribution in [3.05, 3.63) is 29.8 Å². The SMILES string of the molecule is CCc1ccccc1OCCCCC(C)(NC)C(=O)OC. The van der Waals surface area contributed by atoms with E-state index in [9.17, 15) is 4.79 Å². The smallest absolute Gasteiger partial charge is 0.325 e. The van der Waals surface area contributed by atoms with E-state index in [4.69, 9.17) is 9.47 Å². The zero-order valence-electron chi connectivity index (χ0n) is 13.6. The third-order valence-electron chi connectivity index (χ3n) is 3.87. The molecule has 1 N–H and O–H groups in total. The van der Waals surface area contributed by atoms with Crippen molar-refractivity contribution in [1.82, 2.24) is 5.32 Å². The van der Waals surface area contributed by atoms with Gasteiger partial charge >= 0.3 is 5.97 Å². The topological polar surface area (TPSA) is 47.6 Å². The Morgan fingerprint density at radius 1 is 1.29 bits per heavy atom. The molecule has 21 heavy (non-hydrogen) atoms. The highest BCUT2D eigenvalue weighted by Gasteiger charge is 2.31. The fourth-order valence-corrected chi connectivity index (χ4v) is 2.25. The highest BCUT2D eigenvalue weighted by Crippen LogP contribution is 2.19. The predicted octanol–water partition coefficient (Wildman–Crippen LogP) is 2.95. The second-order valence-electron chi connectivity index (χ2n) is 5.34. The van der Waals surface area contributed by atoms with Crippen LogP contribution in [0.25, 0.3) is 0 Å². The first kappa shape index (κ1) is 17.5. The van der Waals surface area contributed by atoms with Crippen molar-refractivity contribution in [2.75, 3.05) is 20.8 Å². The Bertz CT molecular complexity index is 447. The monoisotopic (exact) mass is 293 g/mol. The number of methoxy groups -OCH3 is 1. The van der Waals surface area contributed by atoms with E-state index in [1.165, 1.54) is 12.7 Å². The van der Waals surface area contributed by atoms with Crippen molar-refractivity contribution >= 4 is 5.97 Å². The summed E-state index contributed by atoms with van der Waals surface area (Å²) in [5.41, 5.74) is 0.614. The van der Waals surface area contributed by atoms with Gasteiger partial charge in [0.25, 0.3) is 0 Å². The number of hydrogen-bond donors (Lipinski definition) is 1. The molecule has 0 aliphatic rings. The van der Waals surface area contributed by atoms with Crippen molar-refractivity contribution in [3.63, 3.8) is 0 Å². The van der Waals surface area contributed by atoms with E-state index in [1.807, 2.05) is 25.1 Å². The van der Waals surface area contributed by atoms with E-state index in [0.717, 1.165) is 31.4 Å². The Kier molecular flexibility index (Phi) is 7.23. The van der Waals surface area contributed by atoms with Gasteiger partial charge in [0.1, 0.15) is 11.3 Å². The third kappa shape index (κ3) is 5.05. The van der Waals surface area contributed by atoms with Gasteiger partial charge in [-0.2, -0.15) is 0 Å². The molecule has 0 heterocycles. The maximum atomic E-state index is 11.7. The minimum atomic E-state index is -0.615. The van der Waals surface area contributed by atoms with E-state index in [1.54, 1.807) is 7.05 Å². The lowest BCUT2D eigenvalue weighted by molar-refractivity contribution is -0.148. The zero-order chi connectivity index (χ0) is 15.7. The normalized spacial score (nSPS) is 13.5. The quantitative estimate of drug-likeness (QED) is 0.562. The van der Waals surface area contributed by atoms with Crippen molar-refractivity contribution in [2.24, 2.45) is 0 Å². The van der Waals surface area contributed by atoms with Crippen LogP contribution in [0.2, 0.25) is 0 Å². The summed E-state index contributed by atoms with van der Waals surface area (Å²) >= 11 is 0. The molecule has 0 radical (unpaired) electrons. The van der Waals surface area contributed by atoms with E-state index in [2.05, 4.69) is 18.3 Å². The molecule has 118 valence electrons. The molecular weight excluding hydrogens is 266 g/mol. The Labute approximate surface area is 127 Å². The summed E-state index contributed by atoms with van der Waals surface area (Å²) in [6, 6.07) is 8.11. The molecule has 0 saturated carbocycles. The zero-order valence-corrected chi connectivity index (χ0v) is 13.6. The molecule has 0 aromatic heterocycles. The van der Waals surface area contributed by atoms with Crippen LogP contribution in [0.5, 0.6) is 5.75 Å². The highest BCUT2D eigenvalue weighted by molar-refractivity contribution is 5.80. The number of likely N-dealkylation sites (N-methyl/N-ethyl adjacent to an activating group) is 1. The Morgan fingerprint density at radius 3 is 2.62 bits per heavy atom. The van der Waals surface area contributed by atoms with Crippen LogP contribution >= 0.6 is 0 Å². The summed E-state index contributed by atoms with van der Waals surface area (Å²) < 4.78 is 10.7. The number of carbonyl (C=O) groups is 1. The number of rotatable bonds is 9. The Balaban J connectivity index is 2.36. The molecule has 0 aliphatic carbocycles. The molecule has 0 aliphatic heterocycles. The standard InChI is InChI=1S/C17H27NO3/c1-5-14-10-6-7-11-15(14)21-13-9-8-12-17(2,18-3)16(19)20-4/h6-7,10-11,18H,5,8-9,12-13H2,1-4H3. The van der Waals surface area contributed by atoms with Gasteiger partial charge in [0.2, 0.25) is 0 Å². The molecule has 4 nitrogen and oxygen atoms in total. The van der Waals surface area contributed by atoms with Crippen molar-refractivity contribution < 1.29 is 14.3 Å². The second kappa shape index (κ2) is 8.67. The number of ether oxygens (including phenoxy) is 2. The van der Waals surface area contributed by atoms with Crippen LogP contribution in [0, 0.1) is 0 Å². The fourth-order valence-electron chi connectivity index (χ4n) is 2.25. The maximum Gasteiger partial charge on any atom is 0.325 e. The van der Waals surface area contributed by atoms with E-state index in [0.29, 0.717) is 6.61 Å². The third-order valence-corrected chi connectivity index (χ3v) is 3.87. The number of benzene rings is 1. The molecule has 0 fully saturated rings. The Morgan fingerprint density at radius 2 is 2.00 bits per heavy atom. The number of aryl methyl sites for hydroxylation is 1. The molecule has 1 unspecified atom stereocenters. The largest absolute Gasteiger partial charge is 0.493 e. The first-order chi connectivity index (χ1) is 10.1. The summed E-state index contributed by atoms with van der Waals surface area (Å²) in [4.78, 5) is 11.7. The molecule has 1 aromatic carbocycles. The van der Waals surface area contributed by atoms with Gasteiger partial charge in [-0.05, 0) is 51.3 Å². The number of hydrogen-bond acceptors (Lipinski definition) is 4. The first-order valence-corrected chi connectivity index (χ1v) is 7.55. The number of unbranched alkanes of at least 4 members (excludes halogenated alkanes) is 1. The summed E-state index contributed by atoms with van der Waals surface area (Å²) in [7, 11) is 3.20. The van der Waals surface area contributed by atoms with E-state index in [-0.39, 0.29) is 5.97 Å². The summed E-state index contributed by atoms with van der Waals surface area (Å²) in [6.45, 7) is 4.65. The van der Waals surface area contributed by atoms with Crippen molar-refractivity contribution in [2.45, 2.75) is 45.1 Å². The number of para-hydroxylation sites is 1. The molecule has 4 heteroatoms. The molecular formula is C17H27NO3. The van der Waals surface area contributed by atoms with Crippen LogP contribution in [0.15, 0.2) is 24.3 Å². The molecule has 0 saturated heterocycles. The van der Waals surface area contributed by atoms with Gasteiger partial charge in [-0.3, -0.25) is 4.79 Å². The number of nitrogens with one attached hydrogen (secondary N) is 1. The lowest BCUT2D eigenvalue weighted by Gasteiger charge is -2.25. The molecule has 1 atom stereocenters. The lowest BCUT2D eigenvalue weighted by Crippen LogP contribution is -2.48. The van der Waals surface area contributed by atoms with Crippen LogP contribution in [0.4, 0.5) is 0 Å². The van der Waals surface area contributed by atoms with E-state index < -0.39 is 5.54 Å². The van der Waals surface area contributed by atoms with Crippen molar-refractivity contribution in [3.8, 4) is 5.75 Å². The molecule has 0 bridgehead atoms. The Hall–Kier alpha value is -1.55. The average Bonchev–Trinajstić information content (AvgIpc) is 2.53. The minimum absolute atomic E-state index is 0.220. The van der Waals surface area contributed by atoms with Gasteiger partial charge in [-0.1, -0.05) is 25.1 Å². The number of carbonyl (C=O) groups excluding carboxylic acids is 1. The summed E-state index contributed by atoms with van der Waals surface area (Å²) in [5.74, 6) is 0.742. The summed E-state index contributed by atoms with van der Waals surface area (Å²) in [6.07, 6.45) is 3.51. The number of esters is 1. The first-order valence-electron chi connectivity index (χ1n) is 7.55. The van der Waals surface area contributed by atoms with Gasteiger partial charge in [0, 0.05) is 0 Å². The van der Waals surface area contributed by atoms with Crippen LogP contribution in [0.1, 0.15) is 38.7 Å². The molecule has 1 aromatic rings. The lowest BCUT2D eigenvalue weighted by atomic mass is 9.95. The highest BCUT2D eigenvalue weighted by atomic mass is 16.5. The average molecular weight is 293 g/mol. The van der Waals surface area contributed by atoms with Crippen LogP contribution < -0.4 is 10.1 Å². The van der Waals surface area contributed by atoms with Crippen LogP contribution in [-0.2, 0) is 16.0 Å². The van der Waals surface area contributed by atoms with Gasteiger partial charge in [0.05, 0.1) is 13.7 Å². The van der Waals surface area contributed by atoms with Gasteiger partial charge in [0.15, 0.2) is 0 Å². The predicted molar refractivity (Wildman–Crippen MR) is 84.6 cm³/mol. The summed E-state index contributed by atoms with van der Waals surface area (Å²) in [5, 5.41) is 3.04. The molecule has 0 amide bonds. The molecule has 1 rings (SSSR count). The molecule has 0 spiro atoms. The fraction of sp³-hybridized carbons (Fsp3) is 0.588.